The quantitative estimate of drug-likeness (QED) is 0.326. The Morgan fingerprint density at radius 1 is 0.912 bits per heavy atom. The highest BCUT2D eigenvalue weighted by molar-refractivity contribution is 5.70. The van der Waals surface area contributed by atoms with Gasteiger partial charge in [-0.1, -0.05) is 79.7 Å². The smallest absolute Gasteiger partial charge is 0.258 e. The standard InChI is InChI=1S/C30H28N2O2/c1-3-17-34-29-18-22(2)32(21-24-9-5-4-6-10-24)30(33)28(29)19-23-13-15-25(16-14-23)27-12-8-7-11-26(27)20-31/h4-16,18H,3,17,19,21H2,1-2H3. The zero-order valence-electron chi connectivity index (χ0n) is 19.6. The lowest BCUT2D eigenvalue weighted by Crippen LogP contribution is -2.27. The first kappa shape index (κ1) is 23.1. The minimum atomic E-state index is -0.0196. The third-order valence-corrected chi connectivity index (χ3v) is 5.91. The lowest BCUT2D eigenvalue weighted by Gasteiger charge is -2.17. The predicted molar refractivity (Wildman–Crippen MR) is 136 cm³/mol. The fourth-order valence-corrected chi connectivity index (χ4v) is 4.09. The zero-order valence-corrected chi connectivity index (χ0v) is 19.6. The van der Waals surface area contributed by atoms with Crippen LogP contribution in [0.3, 0.4) is 0 Å². The molecule has 0 N–H and O–H groups in total. The molecule has 1 heterocycles. The molecule has 0 aliphatic carbocycles. The molecule has 0 bridgehead atoms. The number of pyridine rings is 1. The molecule has 170 valence electrons. The van der Waals surface area contributed by atoms with Gasteiger partial charge in [0.05, 0.1) is 30.3 Å². The fraction of sp³-hybridized carbons (Fsp3) is 0.200. The van der Waals surface area contributed by atoms with Gasteiger partial charge in [0.15, 0.2) is 0 Å². The van der Waals surface area contributed by atoms with E-state index in [9.17, 15) is 10.1 Å². The molecule has 0 radical (unpaired) electrons. The van der Waals surface area contributed by atoms with Crippen molar-refractivity contribution >= 4 is 0 Å². The Morgan fingerprint density at radius 3 is 2.32 bits per heavy atom. The minimum Gasteiger partial charge on any atom is -0.493 e. The van der Waals surface area contributed by atoms with Gasteiger partial charge in [0, 0.05) is 12.1 Å². The highest BCUT2D eigenvalue weighted by Gasteiger charge is 2.16. The third-order valence-electron chi connectivity index (χ3n) is 5.91. The van der Waals surface area contributed by atoms with Crippen molar-refractivity contribution in [3.8, 4) is 22.9 Å². The van der Waals surface area contributed by atoms with E-state index in [-0.39, 0.29) is 5.56 Å². The van der Waals surface area contributed by atoms with Gasteiger partial charge in [-0.15, -0.1) is 0 Å². The van der Waals surface area contributed by atoms with Gasteiger partial charge in [0.1, 0.15) is 5.75 Å². The highest BCUT2D eigenvalue weighted by atomic mass is 16.5. The molecule has 0 amide bonds. The van der Waals surface area contributed by atoms with Crippen LogP contribution in [0.2, 0.25) is 0 Å². The van der Waals surface area contributed by atoms with Crippen molar-refractivity contribution in [1.29, 1.82) is 5.26 Å². The van der Waals surface area contributed by atoms with E-state index in [1.54, 1.807) is 0 Å². The summed E-state index contributed by atoms with van der Waals surface area (Å²) in [6, 6.07) is 29.9. The molecule has 0 fully saturated rings. The maximum Gasteiger partial charge on any atom is 0.258 e. The first-order valence-corrected chi connectivity index (χ1v) is 11.6. The number of hydrogen-bond acceptors (Lipinski definition) is 3. The van der Waals surface area contributed by atoms with E-state index in [2.05, 4.69) is 13.0 Å². The van der Waals surface area contributed by atoms with Crippen LogP contribution < -0.4 is 10.3 Å². The summed E-state index contributed by atoms with van der Waals surface area (Å²) < 4.78 is 7.82. The van der Waals surface area contributed by atoms with Gasteiger partial charge < -0.3 is 9.30 Å². The Hall–Kier alpha value is -4.10. The molecule has 34 heavy (non-hydrogen) atoms. The van der Waals surface area contributed by atoms with Crippen LogP contribution >= 0.6 is 0 Å². The maximum absolute atomic E-state index is 13.6. The van der Waals surface area contributed by atoms with Gasteiger partial charge in [-0.2, -0.15) is 5.26 Å². The monoisotopic (exact) mass is 448 g/mol. The Balaban J connectivity index is 1.69. The molecule has 4 rings (SSSR count). The van der Waals surface area contributed by atoms with Crippen LogP contribution in [-0.2, 0) is 13.0 Å². The molecule has 0 spiro atoms. The van der Waals surface area contributed by atoms with Crippen molar-refractivity contribution in [3.63, 3.8) is 0 Å². The maximum atomic E-state index is 13.6. The van der Waals surface area contributed by atoms with Crippen LogP contribution in [0.5, 0.6) is 5.75 Å². The first-order valence-electron chi connectivity index (χ1n) is 11.6. The van der Waals surface area contributed by atoms with Crippen LogP contribution in [0.4, 0.5) is 0 Å². The van der Waals surface area contributed by atoms with E-state index in [4.69, 9.17) is 4.74 Å². The van der Waals surface area contributed by atoms with Crippen molar-refractivity contribution < 1.29 is 4.74 Å². The summed E-state index contributed by atoms with van der Waals surface area (Å²) in [6.07, 6.45) is 1.35. The topological polar surface area (TPSA) is 55.0 Å². The van der Waals surface area contributed by atoms with Gasteiger partial charge in [-0.05, 0) is 47.7 Å². The Morgan fingerprint density at radius 2 is 1.62 bits per heavy atom. The van der Waals surface area contributed by atoms with Crippen molar-refractivity contribution in [3.05, 3.63) is 123 Å². The molecule has 0 aliphatic heterocycles. The molecular formula is C30H28N2O2. The molecule has 4 nitrogen and oxygen atoms in total. The van der Waals surface area contributed by atoms with E-state index in [0.717, 1.165) is 34.4 Å². The van der Waals surface area contributed by atoms with Crippen molar-refractivity contribution in [1.82, 2.24) is 4.57 Å². The molecule has 3 aromatic carbocycles. The van der Waals surface area contributed by atoms with Gasteiger partial charge >= 0.3 is 0 Å². The first-order chi connectivity index (χ1) is 16.6. The Kier molecular flexibility index (Phi) is 7.25. The van der Waals surface area contributed by atoms with Crippen LogP contribution in [-0.4, -0.2) is 11.2 Å². The molecule has 0 unspecified atom stereocenters. The molecule has 0 aliphatic rings. The number of aromatic nitrogens is 1. The number of aryl methyl sites for hydroxylation is 1. The highest BCUT2D eigenvalue weighted by Crippen LogP contribution is 2.26. The number of hydrogen-bond donors (Lipinski definition) is 0. The molecular weight excluding hydrogens is 420 g/mol. The van der Waals surface area contributed by atoms with Crippen molar-refractivity contribution in [2.75, 3.05) is 6.61 Å². The number of ether oxygens (including phenoxy) is 1. The summed E-state index contributed by atoms with van der Waals surface area (Å²) in [4.78, 5) is 13.6. The lowest BCUT2D eigenvalue weighted by molar-refractivity contribution is 0.312. The second kappa shape index (κ2) is 10.7. The summed E-state index contributed by atoms with van der Waals surface area (Å²) in [7, 11) is 0. The minimum absolute atomic E-state index is 0.0196. The Bertz CT molecular complexity index is 1360. The van der Waals surface area contributed by atoms with E-state index in [0.29, 0.717) is 36.4 Å². The lowest BCUT2D eigenvalue weighted by atomic mass is 9.97. The van der Waals surface area contributed by atoms with E-state index >= 15 is 0 Å². The average Bonchev–Trinajstić information content (AvgIpc) is 2.88. The summed E-state index contributed by atoms with van der Waals surface area (Å²) in [5, 5.41) is 9.41. The molecule has 0 saturated heterocycles. The normalized spacial score (nSPS) is 10.6. The molecule has 0 saturated carbocycles. The van der Waals surface area contributed by atoms with E-state index < -0.39 is 0 Å². The van der Waals surface area contributed by atoms with Gasteiger partial charge in [0.25, 0.3) is 5.56 Å². The molecule has 4 heteroatoms. The molecule has 4 aromatic rings. The van der Waals surface area contributed by atoms with E-state index in [1.807, 2.05) is 96.4 Å². The van der Waals surface area contributed by atoms with Crippen LogP contribution in [0.15, 0.2) is 89.7 Å². The van der Waals surface area contributed by atoms with Crippen LogP contribution in [0.1, 0.15) is 41.3 Å². The third kappa shape index (κ3) is 5.10. The summed E-state index contributed by atoms with van der Waals surface area (Å²) in [6.45, 7) is 5.10. The molecule has 1 aromatic heterocycles. The van der Waals surface area contributed by atoms with Crippen LogP contribution in [0.25, 0.3) is 11.1 Å². The van der Waals surface area contributed by atoms with Crippen molar-refractivity contribution in [2.24, 2.45) is 0 Å². The number of benzene rings is 3. The summed E-state index contributed by atoms with van der Waals surface area (Å²) in [5.41, 5.74) is 6.17. The average molecular weight is 449 g/mol. The van der Waals surface area contributed by atoms with Crippen molar-refractivity contribution in [2.45, 2.75) is 33.2 Å². The second-order valence-electron chi connectivity index (χ2n) is 8.38. The van der Waals surface area contributed by atoms with E-state index in [1.165, 1.54) is 0 Å². The number of nitrogens with zero attached hydrogens (tertiary/aromatic N) is 2. The fourth-order valence-electron chi connectivity index (χ4n) is 4.09. The van der Waals surface area contributed by atoms with Gasteiger partial charge in [-0.3, -0.25) is 4.79 Å². The summed E-state index contributed by atoms with van der Waals surface area (Å²) >= 11 is 0. The van der Waals surface area contributed by atoms with Gasteiger partial charge in [-0.25, -0.2) is 0 Å². The van der Waals surface area contributed by atoms with Crippen LogP contribution in [0, 0.1) is 18.3 Å². The largest absolute Gasteiger partial charge is 0.493 e. The summed E-state index contributed by atoms with van der Waals surface area (Å²) in [5.74, 6) is 0.660. The Labute approximate surface area is 200 Å². The second-order valence-corrected chi connectivity index (χ2v) is 8.38. The molecule has 0 atom stereocenters. The van der Waals surface area contributed by atoms with Gasteiger partial charge in [0.2, 0.25) is 0 Å². The number of nitriles is 1. The predicted octanol–water partition coefficient (Wildman–Crippen LogP) is 6.12. The zero-order chi connectivity index (χ0) is 23.9. The SMILES string of the molecule is CCCOc1cc(C)n(Cc2ccccc2)c(=O)c1Cc1ccc(-c2ccccc2C#N)cc1. The number of rotatable bonds is 8.